The lowest BCUT2D eigenvalue weighted by Crippen LogP contribution is -2.34. The number of phenolic OH excluding ortho intramolecular Hbond substituents is 1. The van der Waals surface area contributed by atoms with Crippen molar-refractivity contribution < 1.29 is 10.2 Å². The number of aromatic nitrogens is 4. The number of nitrogens with zero attached hydrogens (tertiary/aromatic N) is 4. The second-order valence-electron chi connectivity index (χ2n) is 7.27. The Kier molecular flexibility index (Phi) is 4.10. The van der Waals surface area contributed by atoms with Crippen molar-refractivity contribution in [2.75, 3.05) is 0 Å². The van der Waals surface area contributed by atoms with Crippen molar-refractivity contribution in [3.63, 3.8) is 0 Å². The maximum Gasteiger partial charge on any atom is 0.275 e. The van der Waals surface area contributed by atoms with Crippen LogP contribution < -0.4 is 16.3 Å². The molecule has 2 aromatic carbocycles. The van der Waals surface area contributed by atoms with E-state index in [-0.39, 0.29) is 27.7 Å². The number of pyridine rings is 1. The Bertz CT molecular complexity index is 1770. The third-order valence-electron chi connectivity index (χ3n) is 5.40. The molecule has 0 amide bonds. The van der Waals surface area contributed by atoms with Crippen LogP contribution in [0, 0.1) is 18.3 Å². The molecule has 0 aliphatic rings. The molecule has 0 aliphatic heterocycles. The summed E-state index contributed by atoms with van der Waals surface area (Å²) in [5.74, 6) is -0.482. The van der Waals surface area contributed by atoms with E-state index in [0.29, 0.717) is 22.3 Å². The molecule has 156 valence electrons. The normalized spacial score (nSPS) is 11.9. The van der Waals surface area contributed by atoms with Crippen LogP contribution in [0.15, 0.2) is 58.1 Å². The number of hydrogen-bond donors (Lipinski definition) is 3. The molecule has 9 heteroatoms. The molecular weight excluding hydrogens is 410 g/mol. The van der Waals surface area contributed by atoms with Crippen LogP contribution in [0.2, 0.25) is 0 Å². The first-order chi connectivity index (χ1) is 15.4. The molecule has 0 saturated heterocycles. The van der Waals surface area contributed by atoms with Crippen LogP contribution >= 0.6 is 0 Å². The molecule has 5 rings (SSSR count). The summed E-state index contributed by atoms with van der Waals surface area (Å²) in [5.41, 5.74) is 0.965. The van der Waals surface area contributed by atoms with Gasteiger partial charge in [-0.25, -0.2) is 9.67 Å². The summed E-state index contributed by atoms with van der Waals surface area (Å²) >= 11 is 0. The van der Waals surface area contributed by atoms with Gasteiger partial charge >= 0.3 is 0 Å². The second-order valence-corrected chi connectivity index (χ2v) is 7.27. The minimum Gasteiger partial charge on any atom is -0.508 e. The fourth-order valence-electron chi connectivity index (χ4n) is 3.82. The largest absolute Gasteiger partial charge is 0.508 e. The maximum atomic E-state index is 13.4. The average molecular weight is 425 g/mol. The van der Waals surface area contributed by atoms with E-state index in [1.54, 1.807) is 43.3 Å². The van der Waals surface area contributed by atoms with Gasteiger partial charge in [0.05, 0.1) is 22.3 Å². The smallest absolute Gasteiger partial charge is 0.275 e. The molecule has 0 unspecified atom stereocenters. The van der Waals surface area contributed by atoms with Gasteiger partial charge in [-0.15, -0.1) is 0 Å². The van der Waals surface area contributed by atoms with Gasteiger partial charge in [-0.3, -0.25) is 19.1 Å². The lowest BCUT2D eigenvalue weighted by molar-refractivity contribution is 0.431. The molecule has 0 aliphatic carbocycles. The molecule has 0 radical (unpaired) electrons. The number of phenols is 1. The highest BCUT2D eigenvalue weighted by Crippen LogP contribution is 2.22. The van der Waals surface area contributed by atoms with Crippen LogP contribution in [0.3, 0.4) is 0 Å². The highest BCUT2D eigenvalue weighted by molar-refractivity contribution is 5.82. The second kappa shape index (κ2) is 6.85. The third-order valence-corrected chi connectivity index (χ3v) is 5.40. The van der Waals surface area contributed by atoms with Gasteiger partial charge in [-0.2, -0.15) is 5.26 Å². The quantitative estimate of drug-likeness (QED) is 0.392. The van der Waals surface area contributed by atoms with Gasteiger partial charge in [0.25, 0.3) is 11.1 Å². The summed E-state index contributed by atoms with van der Waals surface area (Å²) in [7, 11) is 0. The van der Waals surface area contributed by atoms with E-state index in [1.165, 1.54) is 22.6 Å². The highest BCUT2D eigenvalue weighted by Gasteiger charge is 2.18. The summed E-state index contributed by atoms with van der Waals surface area (Å²) in [4.78, 5) is 30.4. The zero-order valence-electron chi connectivity index (χ0n) is 16.7. The molecule has 5 aromatic rings. The average Bonchev–Trinajstić information content (AvgIpc) is 3.29. The zero-order valence-corrected chi connectivity index (χ0v) is 16.7. The summed E-state index contributed by atoms with van der Waals surface area (Å²) in [6, 6.07) is 15.1. The van der Waals surface area contributed by atoms with Gasteiger partial charge in [0.15, 0.2) is 5.65 Å². The summed E-state index contributed by atoms with van der Waals surface area (Å²) in [6.07, 6.45) is 1.26. The van der Waals surface area contributed by atoms with E-state index in [0.717, 1.165) is 4.68 Å². The lowest BCUT2D eigenvalue weighted by atomic mass is 10.1. The van der Waals surface area contributed by atoms with Crippen molar-refractivity contribution in [2.24, 2.45) is 0 Å². The van der Waals surface area contributed by atoms with Crippen LogP contribution in [0.4, 0.5) is 0 Å². The van der Waals surface area contributed by atoms with Gasteiger partial charge in [0.1, 0.15) is 17.4 Å². The number of para-hydroxylation sites is 2. The molecule has 3 N–H and O–H groups in total. The van der Waals surface area contributed by atoms with Crippen LogP contribution in [0.5, 0.6) is 11.6 Å². The first-order valence-electron chi connectivity index (χ1n) is 9.59. The molecular formula is C23H15N5O4. The Morgan fingerprint density at radius 1 is 1.12 bits per heavy atom. The Balaban J connectivity index is 1.86. The number of benzene rings is 2. The molecule has 0 atom stereocenters. The minimum absolute atomic E-state index is 0.0456. The van der Waals surface area contributed by atoms with E-state index >= 15 is 0 Å². The predicted molar refractivity (Wildman–Crippen MR) is 117 cm³/mol. The van der Waals surface area contributed by atoms with Crippen LogP contribution in [-0.2, 0) is 0 Å². The molecule has 0 spiro atoms. The maximum absolute atomic E-state index is 13.4. The number of aromatic hydroxyl groups is 2. The molecule has 0 fully saturated rings. The standard InChI is InChI=1S/C23H15N5O4/c1-12-15(10-16-21(30)26-28(23(16)32)13-5-4-6-14(29)9-13)22(31)27-19-8-3-2-7-18(19)25-20(27)17(12)11-24/h2-10,29,32H,1H3,(H,26,30)/b15-10-. The van der Waals surface area contributed by atoms with E-state index < -0.39 is 17.0 Å². The Morgan fingerprint density at radius 3 is 2.66 bits per heavy atom. The number of fused-ring (bicyclic) bond motifs is 3. The Morgan fingerprint density at radius 2 is 1.91 bits per heavy atom. The molecule has 3 aromatic heterocycles. The highest BCUT2D eigenvalue weighted by atomic mass is 16.3. The van der Waals surface area contributed by atoms with Crippen molar-refractivity contribution in [1.82, 2.24) is 19.2 Å². The number of hydrogen-bond acceptors (Lipinski definition) is 6. The summed E-state index contributed by atoms with van der Waals surface area (Å²) in [5, 5.41) is 32.7. The number of imidazole rings is 1. The Hall–Kier alpha value is -4.84. The SMILES string of the molecule is Cc1c(C#N)c2nc3ccccc3n2c(=O)/c1=C\c1c(O)n(-c2cccc(O)c2)[nH]c1=O. The van der Waals surface area contributed by atoms with Crippen molar-refractivity contribution in [1.29, 1.82) is 5.26 Å². The Labute approximate surface area is 179 Å². The molecule has 0 saturated carbocycles. The first kappa shape index (κ1) is 19.1. The van der Waals surface area contributed by atoms with Gasteiger partial charge in [-0.05, 0) is 42.8 Å². The van der Waals surface area contributed by atoms with E-state index in [9.17, 15) is 25.1 Å². The number of rotatable bonds is 2. The van der Waals surface area contributed by atoms with Crippen molar-refractivity contribution in [3.8, 4) is 23.4 Å². The van der Waals surface area contributed by atoms with Crippen LogP contribution in [0.25, 0.3) is 28.4 Å². The summed E-state index contributed by atoms with van der Waals surface area (Å²) < 4.78 is 2.44. The first-order valence-corrected chi connectivity index (χ1v) is 9.59. The fourth-order valence-corrected chi connectivity index (χ4v) is 3.82. The number of nitrogens with one attached hydrogen (secondary N) is 1. The number of nitriles is 1. The third kappa shape index (κ3) is 2.67. The van der Waals surface area contributed by atoms with Gasteiger partial charge < -0.3 is 10.2 Å². The van der Waals surface area contributed by atoms with Crippen LogP contribution in [0.1, 0.15) is 16.7 Å². The minimum atomic E-state index is -0.640. The molecule has 32 heavy (non-hydrogen) atoms. The van der Waals surface area contributed by atoms with Crippen LogP contribution in [-0.4, -0.2) is 29.4 Å². The van der Waals surface area contributed by atoms with Crippen molar-refractivity contribution >= 4 is 22.8 Å². The monoisotopic (exact) mass is 425 g/mol. The van der Waals surface area contributed by atoms with E-state index in [4.69, 9.17) is 0 Å². The van der Waals surface area contributed by atoms with E-state index in [2.05, 4.69) is 16.2 Å². The molecule has 3 heterocycles. The zero-order chi connectivity index (χ0) is 22.6. The lowest BCUT2D eigenvalue weighted by Gasteiger charge is -2.05. The van der Waals surface area contributed by atoms with E-state index in [1.807, 2.05) is 0 Å². The van der Waals surface area contributed by atoms with Crippen molar-refractivity contribution in [3.05, 3.63) is 91.1 Å². The number of aromatic amines is 1. The van der Waals surface area contributed by atoms with Gasteiger partial charge in [-0.1, -0.05) is 18.2 Å². The van der Waals surface area contributed by atoms with Crippen molar-refractivity contribution in [2.45, 2.75) is 6.92 Å². The predicted octanol–water partition coefficient (Wildman–Crippen LogP) is 1.47. The molecule has 0 bridgehead atoms. The molecule has 9 nitrogen and oxygen atoms in total. The fraction of sp³-hybridized carbons (Fsp3) is 0.0435. The summed E-state index contributed by atoms with van der Waals surface area (Å²) in [6.45, 7) is 1.60. The topological polar surface area (TPSA) is 136 Å². The van der Waals surface area contributed by atoms with Gasteiger partial charge in [0, 0.05) is 11.3 Å². The van der Waals surface area contributed by atoms with Gasteiger partial charge in [0.2, 0.25) is 5.88 Å². The number of H-pyrrole nitrogens is 1.